The van der Waals surface area contributed by atoms with E-state index in [-0.39, 0.29) is 11.4 Å². The van der Waals surface area contributed by atoms with Gasteiger partial charge in [-0.3, -0.25) is 15.1 Å². The van der Waals surface area contributed by atoms with Crippen molar-refractivity contribution in [3.8, 4) is 0 Å². The summed E-state index contributed by atoms with van der Waals surface area (Å²) in [6.45, 7) is 3.93. The van der Waals surface area contributed by atoms with Gasteiger partial charge in [0.05, 0.1) is 11.1 Å². The van der Waals surface area contributed by atoms with E-state index in [1.807, 2.05) is 19.9 Å². The molecule has 3 rings (SSSR count). The van der Waals surface area contributed by atoms with Crippen LogP contribution in [-0.4, -0.2) is 14.9 Å². The minimum Gasteiger partial charge on any atom is -0.623 e. The zero-order valence-corrected chi connectivity index (χ0v) is 12.1. The number of H-pyrrole nitrogens is 1. The zero-order chi connectivity index (χ0) is 15.9. The molecule has 7 nitrogen and oxygen atoms in total. The number of hydrogen-bond acceptors (Lipinski definition) is 4. The second kappa shape index (κ2) is 5.21. The maximum atomic E-state index is 12.6. The number of pyridine rings is 1. The van der Waals surface area contributed by atoms with Crippen molar-refractivity contribution >= 4 is 28.0 Å². The van der Waals surface area contributed by atoms with E-state index in [9.17, 15) is 15.3 Å². The number of aromatic nitrogens is 2. The van der Waals surface area contributed by atoms with E-state index < -0.39 is 9.99 Å². The van der Waals surface area contributed by atoms with Crippen molar-refractivity contribution in [2.75, 3.05) is 0 Å². The fourth-order valence-corrected chi connectivity index (χ4v) is 2.48. The predicted octanol–water partition coefficient (Wildman–Crippen LogP) is 2.43. The van der Waals surface area contributed by atoms with Gasteiger partial charge in [-0.1, -0.05) is 0 Å². The highest BCUT2D eigenvalue weighted by atomic mass is 16.6. The van der Waals surface area contributed by atoms with Crippen LogP contribution in [0.15, 0.2) is 36.7 Å². The number of quaternary nitrogens is 1. The summed E-state index contributed by atoms with van der Waals surface area (Å²) < 4.78 is 0. The quantitative estimate of drug-likeness (QED) is 0.573. The van der Waals surface area contributed by atoms with E-state index in [2.05, 4.69) is 9.97 Å². The van der Waals surface area contributed by atoms with Gasteiger partial charge in [0.25, 0.3) is 0 Å². The van der Waals surface area contributed by atoms with Crippen LogP contribution in [0.25, 0.3) is 10.9 Å². The first-order valence-electron chi connectivity index (χ1n) is 6.71. The molecule has 2 aromatic heterocycles. The van der Waals surface area contributed by atoms with Crippen molar-refractivity contribution in [1.82, 2.24) is 9.97 Å². The van der Waals surface area contributed by atoms with Crippen LogP contribution in [0.1, 0.15) is 11.3 Å². The number of aryl methyl sites for hydroxylation is 2. The summed E-state index contributed by atoms with van der Waals surface area (Å²) in [5.74, 6) is 0. The topological polar surface area (TPSA) is 99.3 Å². The van der Waals surface area contributed by atoms with Crippen LogP contribution in [-0.2, 0) is 0 Å². The maximum absolute atomic E-state index is 12.6. The molecule has 0 fully saturated rings. The molecule has 22 heavy (non-hydrogen) atoms. The molecule has 0 aliphatic rings. The minimum absolute atomic E-state index is 0.00300. The van der Waals surface area contributed by atoms with Gasteiger partial charge in [-0.15, -0.1) is 0 Å². The number of nitrogens with one attached hydrogen (secondary N) is 2. The lowest BCUT2D eigenvalue weighted by Crippen LogP contribution is -2.96. The van der Waals surface area contributed by atoms with Crippen LogP contribution in [0, 0.1) is 29.2 Å². The summed E-state index contributed by atoms with van der Waals surface area (Å²) in [6, 6.07) is 6.46. The first kappa shape index (κ1) is 14.2. The monoisotopic (exact) mass is 298 g/mol. The lowest BCUT2D eigenvalue weighted by atomic mass is 10.1. The lowest BCUT2D eigenvalue weighted by molar-refractivity contribution is -0.701. The number of nitrogens with zero attached hydrogens (tertiary/aromatic N) is 2. The van der Waals surface area contributed by atoms with Gasteiger partial charge in [0.1, 0.15) is 5.69 Å². The molecular weight excluding hydrogens is 284 g/mol. The third kappa shape index (κ3) is 2.22. The Morgan fingerprint density at radius 2 is 2.05 bits per heavy atom. The molecule has 112 valence electrons. The van der Waals surface area contributed by atoms with Gasteiger partial charge in [0.15, 0.2) is 0 Å². The molecule has 0 aliphatic heterocycles. The average Bonchev–Trinajstić information content (AvgIpc) is 2.81. The molecule has 0 saturated heterocycles. The highest BCUT2D eigenvalue weighted by Gasteiger charge is 2.21. The molecule has 1 unspecified atom stereocenters. The Bertz CT molecular complexity index is 872. The van der Waals surface area contributed by atoms with Crippen molar-refractivity contribution in [3.05, 3.63) is 63.2 Å². The predicted molar refractivity (Wildman–Crippen MR) is 82.3 cm³/mol. The van der Waals surface area contributed by atoms with Crippen molar-refractivity contribution < 1.29 is 9.99 Å². The first-order chi connectivity index (χ1) is 10.5. The Morgan fingerprint density at radius 3 is 2.77 bits per heavy atom. The lowest BCUT2D eigenvalue weighted by Gasteiger charge is -2.20. The molecule has 7 heteroatoms. The number of fused-ring (bicyclic) bond motifs is 1. The van der Waals surface area contributed by atoms with Crippen LogP contribution in [0.2, 0.25) is 0 Å². The van der Waals surface area contributed by atoms with E-state index in [1.165, 1.54) is 18.5 Å². The molecule has 0 spiro atoms. The van der Waals surface area contributed by atoms with Gasteiger partial charge >= 0.3 is 5.69 Å². The SMILES string of the molecule is Cc1[nH]c2ccc([NH+]([O-])c3cnccc3[N+](=O)[O-])cc2c1C. The second-order valence-electron chi connectivity index (χ2n) is 5.11. The van der Waals surface area contributed by atoms with Gasteiger partial charge in [-0.05, 0) is 25.5 Å². The third-order valence-electron chi connectivity index (χ3n) is 3.81. The number of hydrogen-bond donors (Lipinski definition) is 2. The summed E-state index contributed by atoms with van der Waals surface area (Å²) in [5, 5.41) is 24.2. The van der Waals surface area contributed by atoms with Gasteiger partial charge in [0.2, 0.25) is 5.69 Å². The average molecular weight is 298 g/mol. The molecule has 1 aromatic carbocycles. The maximum Gasteiger partial charge on any atom is 0.333 e. The molecule has 0 bridgehead atoms. The second-order valence-corrected chi connectivity index (χ2v) is 5.11. The van der Waals surface area contributed by atoms with Crippen LogP contribution in [0.3, 0.4) is 0 Å². The minimum atomic E-state index is -0.570. The molecule has 0 saturated carbocycles. The molecule has 0 radical (unpaired) electrons. The molecule has 2 heterocycles. The van der Waals surface area contributed by atoms with E-state index in [1.54, 1.807) is 12.1 Å². The smallest absolute Gasteiger partial charge is 0.333 e. The van der Waals surface area contributed by atoms with Gasteiger partial charge in [-0.25, -0.2) is 0 Å². The van der Waals surface area contributed by atoms with E-state index in [0.29, 0.717) is 5.69 Å². The van der Waals surface area contributed by atoms with Gasteiger partial charge in [-0.2, -0.15) is 0 Å². The fraction of sp³-hybridized carbons (Fsp3) is 0.133. The highest BCUT2D eigenvalue weighted by Crippen LogP contribution is 2.25. The molecule has 0 amide bonds. The Hall–Kier alpha value is -2.77. The van der Waals surface area contributed by atoms with Crippen molar-refractivity contribution in [2.24, 2.45) is 0 Å². The van der Waals surface area contributed by atoms with Gasteiger partial charge < -0.3 is 15.3 Å². The number of aromatic amines is 1. The van der Waals surface area contributed by atoms with Crippen LogP contribution < -0.4 is 5.06 Å². The fourth-order valence-electron chi connectivity index (χ4n) is 2.48. The van der Waals surface area contributed by atoms with Gasteiger partial charge in [0, 0.05) is 41.0 Å². The van der Waals surface area contributed by atoms with E-state index in [0.717, 1.165) is 22.2 Å². The summed E-state index contributed by atoms with van der Waals surface area (Å²) in [7, 11) is 0. The Kier molecular flexibility index (Phi) is 3.36. The van der Waals surface area contributed by atoms with E-state index >= 15 is 0 Å². The molecule has 1 atom stereocenters. The summed E-state index contributed by atoms with van der Waals surface area (Å²) in [5.41, 5.74) is 3.20. The summed E-state index contributed by atoms with van der Waals surface area (Å²) in [4.78, 5) is 17.5. The van der Waals surface area contributed by atoms with Crippen molar-refractivity contribution in [3.63, 3.8) is 0 Å². The number of nitro groups is 1. The third-order valence-corrected chi connectivity index (χ3v) is 3.81. The zero-order valence-electron chi connectivity index (χ0n) is 12.1. The first-order valence-corrected chi connectivity index (χ1v) is 6.71. The number of benzene rings is 1. The largest absolute Gasteiger partial charge is 0.623 e. The Morgan fingerprint density at radius 1 is 1.27 bits per heavy atom. The molecule has 3 aromatic rings. The normalized spacial score (nSPS) is 12.5. The van der Waals surface area contributed by atoms with Crippen LogP contribution in [0.4, 0.5) is 17.1 Å². The Balaban J connectivity index is 2.11. The number of rotatable bonds is 3. The van der Waals surface area contributed by atoms with E-state index in [4.69, 9.17) is 0 Å². The van der Waals surface area contributed by atoms with Crippen molar-refractivity contribution in [1.29, 1.82) is 0 Å². The molecule has 0 aliphatic carbocycles. The van der Waals surface area contributed by atoms with Crippen molar-refractivity contribution in [2.45, 2.75) is 13.8 Å². The van der Waals surface area contributed by atoms with Crippen LogP contribution in [0.5, 0.6) is 0 Å². The molecular formula is C15H14N4O3. The summed E-state index contributed by atoms with van der Waals surface area (Å²) in [6.07, 6.45) is 2.54. The Labute approximate surface area is 125 Å². The van der Waals surface area contributed by atoms with Crippen LogP contribution >= 0.6 is 0 Å². The molecule has 2 N–H and O–H groups in total. The summed E-state index contributed by atoms with van der Waals surface area (Å²) >= 11 is 0. The standard InChI is InChI=1S/C15H14N4O3/c1-9-10(2)17-13-4-3-11(7-12(9)13)18(20)15-8-16-6-5-14(15)19(21)22/h3-8,17-18H,1-2H3. The highest BCUT2D eigenvalue weighted by molar-refractivity contribution is 5.86.